The largest absolute Gasteiger partial charge is 0.505 e. The summed E-state index contributed by atoms with van der Waals surface area (Å²) in [5, 5.41) is 9.24. The third kappa shape index (κ3) is 3.71. The van der Waals surface area contributed by atoms with E-state index in [4.69, 9.17) is 4.74 Å². The molecule has 4 rings (SSSR count). The molecule has 2 heterocycles. The zero-order valence-corrected chi connectivity index (χ0v) is 14.6. The summed E-state index contributed by atoms with van der Waals surface area (Å²) in [5.41, 5.74) is 0.309. The molecule has 5 nitrogen and oxygen atoms in total. The lowest BCUT2D eigenvalue weighted by atomic mass is 10.0. The van der Waals surface area contributed by atoms with Crippen LogP contribution in [0.5, 0.6) is 5.75 Å². The fourth-order valence-electron chi connectivity index (χ4n) is 4.36. The number of benzene rings is 1. The van der Waals surface area contributed by atoms with Crippen LogP contribution in [0.4, 0.5) is 4.39 Å². The molecule has 0 radical (unpaired) electrons. The topological polar surface area (TPSA) is 62.1 Å². The van der Waals surface area contributed by atoms with Crippen LogP contribution in [0.3, 0.4) is 0 Å². The fourth-order valence-corrected chi connectivity index (χ4v) is 4.36. The zero-order chi connectivity index (χ0) is 18.1. The number of phenols is 1. The lowest BCUT2D eigenvalue weighted by molar-refractivity contribution is 0.0244. The Morgan fingerprint density at radius 1 is 1.31 bits per heavy atom. The summed E-state index contributed by atoms with van der Waals surface area (Å²) in [6, 6.07) is 3.81. The normalized spacial score (nSPS) is 30.7. The van der Waals surface area contributed by atoms with Crippen LogP contribution < -0.4 is 0 Å². The van der Waals surface area contributed by atoms with Gasteiger partial charge in [0.05, 0.1) is 18.8 Å². The van der Waals surface area contributed by atoms with Gasteiger partial charge in [-0.3, -0.25) is 14.7 Å². The molecule has 4 atom stereocenters. The number of ketones is 1. The van der Waals surface area contributed by atoms with Crippen molar-refractivity contribution in [2.24, 2.45) is 16.8 Å². The molecule has 1 saturated carbocycles. The van der Waals surface area contributed by atoms with Gasteiger partial charge in [0.1, 0.15) is 0 Å². The highest BCUT2D eigenvalue weighted by molar-refractivity contribution is 5.97. The zero-order valence-electron chi connectivity index (χ0n) is 14.6. The molecule has 2 fully saturated rings. The minimum Gasteiger partial charge on any atom is -0.505 e. The van der Waals surface area contributed by atoms with Gasteiger partial charge in [0.25, 0.3) is 0 Å². The lowest BCUT2D eigenvalue weighted by Gasteiger charge is -2.22. The van der Waals surface area contributed by atoms with Gasteiger partial charge in [-0.2, -0.15) is 0 Å². The van der Waals surface area contributed by atoms with Crippen LogP contribution in [0, 0.1) is 17.7 Å². The smallest absolute Gasteiger partial charge is 0.176 e. The highest BCUT2D eigenvalue weighted by atomic mass is 19.1. The van der Waals surface area contributed by atoms with Crippen molar-refractivity contribution in [3.8, 4) is 5.75 Å². The van der Waals surface area contributed by atoms with Crippen LogP contribution in [0.1, 0.15) is 29.6 Å². The van der Waals surface area contributed by atoms with Crippen molar-refractivity contribution in [2.45, 2.75) is 31.5 Å². The van der Waals surface area contributed by atoms with Gasteiger partial charge >= 0.3 is 0 Å². The summed E-state index contributed by atoms with van der Waals surface area (Å²) in [5.74, 6) is -0.181. The van der Waals surface area contributed by atoms with Crippen LogP contribution in [0.15, 0.2) is 35.5 Å². The number of hydrogen-bond donors (Lipinski definition) is 1. The van der Waals surface area contributed by atoms with E-state index < -0.39 is 11.6 Å². The molecular weight excluding hydrogens is 335 g/mol. The SMILES string of the molecule is O=C(CN1C[C@H]2C[C@H](OC3C=NC=CC3)C[C@H]2C1)c1ccc(O)c(F)c1. The van der Waals surface area contributed by atoms with Crippen molar-refractivity contribution in [3.63, 3.8) is 0 Å². The first-order valence-corrected chi connectivity index (χ1v) is 9.16. The number of fused-ring (bicyclic) bond motifs is 1. The summed E-state index contributed by atoms with van der Waals surface area (Å²) in [4.78, 5) is 18.7. The Kier molecular flexibility index (Phi) is 4.87. The van der Waals surface area contributed by atoms with E-state index in [9.17, 15) is 14.3 Å². The minimum atomic E-state index is -0.754. The average molecular weight is 358 g/mol. The molecule has 2 aliphatic heterocycles. The molecular formula is C20H23FN2O3. The van der Waals surface area contributed by atoms with Crippen LogP contribution in [-0.4, -0.2) is 53.8 Å². The molecule has 1 aromatic rings. The first-order valence-electron chi connectivity index (χ1n) is 9.16. The second-order valence-electron chi connectivity index (χ2n) is 7.49. The quantitative estimate of drug-likeness (QED) is 0.822. The van der Waals surface area contributed by atoms with Crippen molar-refractivity contribution >= 4 is 12.0 Å². The molecule has 1 aliphatic carbocycles. The summed E-state index contributed by atoms with van der Waals surface area (Å²) in [6.07, 6.45) is 9.00. The molecule has 138 valence electrons. The predicted molar refractivity (Wildman–Crippen MR) is 96.0 cm³/mol. The van der Waals surface area contributed by atoms with Crippen LogP contribution >= 0.6 is 0 Å². The number of likely N-dealkylation sites (tertiary alicyclic amines) is 1. The van der Waals surface area contributed by atoms with Gasteiger partial charge in [-0.05, 0) is 49.3 Å². The number of halogens is 1. The average Bonchev–Trinajstić information content (AvgIpc) is 3.16. The van der Waals surface area contributed by atoms with E-state index in [0.717, 1.165) is 38.4 Å². The number of hydrogen-bond acceptors (Lipinski definition) is 5. The Labute approximate surface area is 152 Å². The number of nitrogens with zero attached hydrogens (tertiary/aromatic N) is 2. The Hall–Kier alpha value is -2.05. The van der Waals surface area contributed by atoms with E-state index in [1.807, 2.05) is 12.3 Å². The summed E-state index contributed by atoms with van der Waals surface area (Å²) in [6.45, 7) is 2.06. The van der Waals surface area contributed by atoms with E-state index in [-0.39, 0.29) is 18.0 Å². The number of carbonyl (C=O) groups is 1. The number of carbonyl (C=O) groups excluding carboxylic acids is 1. The molecule has 0 aromatic heterocycles. The predicted octanol–water partition coefficient (Wildman–Crippen LogP) is 2.80. The van der Waals surface area contributed by atoms with Gasteiger partial charge in [-0.25, -0.2) is 4.39 Å². The molecule has 1 aromatic carbocycles. The first kappa shape index (κ1) is 17.4. The van der Waals surface area contributed by atoms with Gasteiger partial charge in [0.15, 0.2) is 17.3 Å². The molecule has 0 spiro atoms. The number of phenolic OH excluding ortho intramolecular Hbond substituents is 1. The highest BCUT2D eigenvalue weighted by Gasteiger charge is 2.42. The number of ether oxygens (including phenoxy) is 1. The Bertz CT molecular complexity index is 735. The molecule has 0 amide bonds. The maximum absolute atomic E-state index is 13.4. The maximum Gasteiger partial charge on any atom is 0.176 e. The maximum atomic E-state index is 13.4. The van der Waals surface area contributed by atoms with Gasteiger partial charge in [0, 0.05) is 31.1 Å². The molecule has 1 saturated heterocycles. The van der Waals surface area contributed by atoms with E-state index in [1.54, 1.807) is 6.20 Å². The summed E-state index contributed by atoms with van der Waals surface area (Å²) in [7, 11) is 0. The van der Waals surface area contributed by atoms with Crippen molar-refractivity contribution in [2.75, 3.05) is 19.6 Å². The molecule has 6 heteroatoms. The molecule has 3 aliphatic rings. The van der Waals surface area contributed by atoms with E-state index in [2.05, 4.69) is 9.89 Å². The van der Waals surface area contributed by atoms with Gasteiger partial charge in [-0.15, -0.1) is 0 Å². The monoisotopic (exact) mass is 358 g/mol. The molecule has 26 heavy (non-hydrogen) atoms. The first-order chi connectivity index (χ1) is 12.6. The van der Waals surface area contributed by atoms with E-state index >= 15 is 0 Å². The number of rotatable bonds is 5. The summed E-state index contributed by atoms with van der Waals surface area (Å²) >= 11 is 0. The summed E-state index contributed by atoms with van der Waals surface area (Å²) < 4.78 is 19.6. The molecule has 1 N–H and O–H groups in total. The van der Waals surface area contributed by atoms with Gasteiger partial charge in [0.2, 0.25) is 0 Å². The molecule has 0 bridgehead atoms. The van der Waals surface area contributed by atoms with Gasteiger partial charge in [-0.1, -0.05) is 6.08 Å². The standard InChI is InChI=1S/C20H23FN2O3/c21-18-8-13(3-4-19(18)24)20(25)12-23-10-14-6-17(7-15(14)11-23)26-16-2-1-5-22-9-16/h1,3-5,8-9,14-17,24H,2,6-7,10-12H2/t14-,15+,16?,17+. The van der Waals surface area contributed by atoms with Gasteiger partial charge < -0.3 is 9.84 Å². The third-order valence-electron chi connectivity index (χ3n) is 5.60. The fraction of sp³-hybridized carbons (Fsp3) is 0.500. The molecule has 1 unspecified atom stereocenters. The number of aliphatic imine (C=N–C) groups is 1. The van der Waals surface area contributed by atoms with E-state index in [0.29, 0.717) is 23.9 Å². The van der Waals surface area contributed by atoms with Crippen molar-refractivity contribution in [1.29, 1.82) is 0 Å². The Balaban J connectivity index is 1.27. The minimum absolute atomic E-state index is 0.0888. The Morgan fingerprint density at radius 2 is 2.08 bits per heavy atom. The van der Waals surface area contributed by atoms with Crippen LogP contribution in [0.25, 0.3) is 0 Å². The van der Waals surface area contributed by atoms with Crippen LogP contribution in [-0.2, 0) is 4.74 Å². The van der Waals surface area contributed by atoms with Crippen molar-refractivity contribution in [1.82, 2.24) is 4.90 Å². The number of aromatic hydroxyl groups is 1. The second kappa shape index (κ2) is 7.29. The Morgan fingerprint density at radius 3 is 2.73 bits per heavy atom. The third-order valence-corrected chi connectivity index (χ3v) is 5.60. The second-order valence-corrected chi connectivity index (χ2v) is 7.49. The van der Waals surface area contributed by atoms with E-state index in [1.165, 1.54) is 12.1 Å². The lowest BCUT2D eigenvalue weighted by Crippen LogP contribution is -2.30. The van der Waals surface area contributed by atoms with Crippen molar-refractivity contribution in [3.05, 3.63) is 41.9 Å². The number of Topliss-reactive ketones (excluding diaryl/α,β-unsaturated/α-hetero) is 1. The van der Waals surface area contributed by atoms with Crippen molar-refractivity contribution < 1.29 is 19.0 Å². The highest BCUT2D eigenvalue weighted by Crippen LogP contribution is 2.40. The van der Waals surface area contributed by atoms with Crippen LogP contribution in [0.2, 0.25) is 0 Å².